The third-order valence-electron chi connectivity index (χ3n) is 5.21. The molecule has 1 aliphatic rings. The van der Waals surface area contributed by atoms with E-state index in [4.69, 9.17) is 4.42 Å². The SMILES string of the molecule is C[C@H](c1nnc(-c2ccc([N+](=O)[O-])cc2)o1)N1CCN(c2ccccc2O)CC1. The molecule has 29 heavy (non-hydrogen) atoms. The largest absolute Gasteiger partial charge is 0.506 e. The van der Waals surface area contributed by atoms with Crippen LogP contribution in [0.4, 0.5) is 11.4 Å². The lowest BCUT2D eigenvalue weighted by Gasteiger charge is -2.38. The first kappa shape index (κ1) is 18.9. The highest BCUT2D eigenvalue weighted by Crippen LogP contribution is 2.30. The average Bonchev–Trinajstić information content (AvgIpc) is 3.24. The summed E-state index contributed by atoms with van der Waals surface area (Å²) in [4.78, 5) is 14.8. The van der Waals surface area contributed by atoms with E-state index >= 15 is 0 Å². The van der Waals surface area contributed by atoms with Crippen LogP contribution in [0.2, 0.25) is 0 Å². The molecule has 3 aromatic rings. The Hall–Kier alpha value is -3.46. The number of hydrogen-bond acceptors (Lipinski definition) is 8. The lowest BCUT2D eigenvalue weighted by Crippen LogP contribution is -2.47. The summed E-state index contributed by atoms with van der Waals surface area (Å²) in [5.41, 5.74) is 1.51. The maximum absolute atomic E-state index is 10.8. The van der Waals surface area contributed by atoms with Gasteiger partial charge < -0.3 is 14.4 Å². The molecule has 0 bridgehead atoms. The standard InChI is InChI=1S/C20H21N5O4/c1-14(23-10-12-24(13-11-23)17-4-2-3-5-18(17)26)19-21-22-20(29-19)15-6-8-16(9-7-15)25(27)28/h2-9,14,26H,10-13H2,1H3/t14-/m1/s1. The molecule has 0 unspecified atom stereocenters. The average molecular weight is 395 g/mol. The third kappa shape index (κ3) is 3.90. The first-order chi connectivity index (χ1) is 14.0. The molecule has 9 nitrogen and oxygen atoms in total. The van der Waals surface area contributed by atoms with Crippen molar-refractivity contribution in [1.29, 1.82) is 0 Å². The first-order valence-corrected chi connectivity index (χ1v) is 9.38. The summed E-state index contributed by atoms with van der Waals surface area (Å²) in [6, 6.07) is 13.3. The van der Waals surface area contributed by atoms with Gasteiger partial charge in [-0.15, -0.1) is 10.2 Å². The van der Waals surface area contributed by atoms with E-state index < -0.39 is 4.92 Å². The second kappa shape index (κ2) is 7.88. The van der Waals surface area contributed by atoms with Gasteiger partial charge in [-0.05, 0) is 31.2 Å². The molecule has 1 atom stereocenters. The lowest BCUT2D eigenvalue weighted by molar-refractivity contribution is -0.384. The van der Waals surface area contributed by atoms with Gasteiger partial charge in [0.15, 0.2) is 0 Å². The van der Waals surface area contributed by atoms with Crippen LogP contribution in [0, 0.1) is 10.1 Å². The van der Waals surface area contributed by atoms with Crippen molar-refractivity contribution in [2.45, 2.75) is 13.0 Å². The molecule has 1 aromatic heterocycles. The highest BCUT2D eigenvalue weighted by molar-refractivity contribution is 5.58. The molecule has 0 aliphatic carbocycles. The van der Waals surface area contributed by atoms with Gasteiger partial charge in [-0.2, -0.15) is 0 Å². The van der Waals surface area contributed by atoms with Gasteiger partial charge in [0.05, 0.1) is 16.7 Å². The number of aromatic nitrogens is 2. The number of phenolic OH excluding ortho intramolecular Hbond substituents is 1. The number of nitrogens with zero attached hydrogens (tertiary/aromatic N) is 5. The molecular formula is C20H21N5O4. The number of anilines is 1. The molecule has 1 fully saturated rings. The van der Waals surface area contributed by atoms with Crippen LogP contribution in [0.5, 0.6) is 5.75 Å². The van der Waals surface area contributed by atoms with Crippen LogP contribution >= 0.6 is 0 Å². The fourth-order valence-corrected chi connectivity index (χ4v) is 3.48. The maximum Gasteiger partial charge on any atom is 0.269 e. The highest BCUT2D eigenvalue weighted by Gasteiger charge is 2.26. The van der Waals surface area contributed by atoms with Crippen molar-refractivity contribution in [1.82, 2.24) is 15.1 Å². The van der Waals surface area contributed by atoms with Gasteiger partial charge in [0.2, 0.25) is 11.8 Å². The minimum atomic E-state index is -0.445. The van der Waals surface area contributed by atoms with E-state index in [0.717, 1.165) is 31.9 Å². The molecule has 1 N–H and O–H groups in total. The molecule has 4 rings (SSSR count). The molecule has 150 valence electrons. The number of benzene rings is 2. The van der Waals surface area contributed by atoms with Gasteiger partial charge in [0.25, 0.3) is 5.69 Å². The molecule has 2 aromatic carbocycles. The van der Waals surface area contributed by atoms with Gasteiger partial charge in [-0.1, -0.05) is 12.1 Å². The summed E-state index contributed by atoms with van der Waals surface area (Å²) in [5.74, 6) is 1.14. The quantitative estimate of drug-likeness (QED) is 0.518. The number of nitro groups is 1. The van der Waals surface area contributed by atoms with Crippen molar-refractivity contribution in [3.63, 3.8) is 0 Å². The normalized spacial score (nSPS) is 16.0. The minimum Gasteiger partial charge on any atom is -0.506 e. The Bertz CT molecular complexity index is 996. The fraction of sp³-hybridized carbons (Fsp3) is 0.300. The summed E-state index contributed by atoms with van der Waals surface area (Å²) in [5, 5.41) is 29.1. The second-order valence-corrected chi connectivity index (χ2v) is 6.94. The van der Waals surface area contributed by atoms with Gasteiger partial charge in [0, 0.05) is 43.9 Å². The number of aromatic hydroxyl groups is 1. The van der Waals surface area contributed by atoms with E-state index in [-0.39, 0.29) is 11.7 Å². The maximum atomic E-state index is 10.8. The van der Waals surface area contributed by atoms with E-state index in [1.165, 1.54) is 12.1 Å². The number of non-ortho nitro benzene ring substituents is 1. The van der Waals surface area contributed by atoms with Gasteiger partial charge in [0.1, 0.15) is 5.75 Å². The third-order valence-corrected chi connectivity index (χ3v) is 5.21. The zero-order valence-electron chi connectivity index (χ0n) is 15.9. The zero-order chi connectivity index (χ0) is 20.4. The molecule has 0 amide bonds. The van der Waals surface area contributed by atoms with E-state index in [0.29, 0.717) is 23.1 Å². The molecular weight excluding hydrogens is 374 g/mol. The number of phenols is 1. The lowest BCUT2D eigenvalue weighted by atomic mass is 10.2. The van der Waals surface area contributed by atoms with Gasteiger partial charge >= 0.3 is 0 Å². The van der Waals surface area contributed by atoms with Gasteiger partial charge in [-0.25, -0.2) is 0 Å². The zero-order valence-corrected chi connectivity index (χ0v) is 15.9. The summed E-state index contributed by atoms with van der Waals surface area (Å²) >= 11 is 0. The van der Waals surface area contributed by atoms with Crippen LogP contribution in [0.25, 0.3) is 11.5 Å². The van der Waals surface area contributed by atoms with Crippen LogP contribution in [0.1, 0.15) is 18.9 Å². The van der Waals surface area contributed by atoms with Crippen LogP contribution < -0.4 is 4.90 Å². The number of hydrogen-bond donors (Lipinski definition) is 1. The Morgan fingerprint density at radius 2 is 1.76 bits per heavy atom. The number of para-hydroxylation sites is 2. The fourth-order valence-electron chi connectivity index (χ4n) is 3.48. The summed E-state index contributed by atoms with van der Waals surface area (Å²) in [6.45, 7) is 5.18. The van der Waals surface area contributed by atoms with Gasteiger partial charge in [-0.3, -0.25) is 15.0 Å². The predicted molar refractivity (Wildman–Crippen MR) is 107 cm³/mol. The van der Waals surface area contributed by atoms with Crippen molar-refractivity contribution >= 4 is 11.4 Å². The Morgan fingerprint density at radius 1 is 1.07 bits per heavy atom. The van der Waals surface area contributed by atoms with Crippen LogP contribution in [0.15, 0.2) is 52.9 Å². The molecule has 2 heterocycles. The summed E-state index contributed by atoms with van der Waals surface area (Å²) in [6.07, 6.45) is 0. The molecule has 0 radical (unpaired) electrons. The first-order valence-electron chi connectivity index (χ1n) is 9.38. The predicted octanol–water partition coefficient (Wildman–Crippen LogP) is 3.23. The van der Waals surface area contributed by atoms with Crippen LogP contribution in [-0.4, -0.2) is 51.3 Å². The van der Waals surface area contributed by atoms with E-state index in [2.05, 4.69) is 20.0 Å². The van der Waals surface area contributed by atoms with Crippen molar-refractivity contribution in [3.05, 3.63) is 64.5 Å². The van der Waals surface area contributed by atoms with E-state index in [1.54, 1.807) is 18.2 Å². The summed E-state index contributed by atoms with van der Waals surface area (Å²) < 4.78 is 5.83. The van der Waals surface area contributed by atoms with E-state index in [9.17, 15) is 15.2 Å². The highest BCUT2D eigenvalue weighted by atomic mass is 16.6. The summed E-state index contributed by atoms with van der Waals surface area (Å²) in [7, 11) is 0. The monoisotopic (exact) mass is 395 g/mol. The van der Waals surface area contributed by atoms with Crippen molar-refractivity contribution in [2.24, 2.45) is 0 Å². The Labute approximate surface area is 167 Å². The number of nitro benzene ring substituents is 1. The topological polar surface area (TPSA) is 109 Å². The van der Waals surface area contributed by atoms with Crippen LogP contribution in [0.3, 0.4) is 0 Å². The Morgan fingerprint density at radius 3 is 2.41 bits per heavy atom. The number of rotatable bonds is 5. The second-order valence-electron chi connectivity index (χ2n) is 6.94. The van der Waals surface area contributed by atoms with Crippen molar-refractivity contribution in [3.8, 4) is 17.2 Å². The van der Waals surface area contributed by atoms with Crippen molar-refractivity contribution < 1.29 is 14.4 Å². The molecule has 0 saturated carbocycles. The number of piperazine rings is 1. The smallest absolute Gasteiger partial charge is 0.269 e. The molecule has 1 aliphatic heterocycles. The Kier molecular flexibility index (Phi) is 5.13. The van der Waals surface area contributed by atoms with Crippen LogP contribution in [-0.2, 0) is 0 Å². The Balaban J connectivity index is 1.41. The molecule has 0 spiro atoms. The molecule has 1 saturated heterocycles. The molecule has 9 heteroatoms. The van der Waals surface area contributed by atoms with Crippen molar-refractivity contribution in [2.75, 3.05) is 31.1 Å². The minimum absolute atomic E-state index is 0.0178. The van der Waals surface area contributed by atoms with E-state index in [1.807, 2.05) is 25.1 Å².